The lowest BCUT2D eigenvalue weighted by Gasteiger charge is -2.12. The SMILES string of the molecule is CC(C)c1ccccc1OCC(=O)NN=Cc1ccccn1. The highest BCUT2D eigenvalue weighted by atomic mass is 16.5. The molecule has 1 heterocycles. The van der Waals surface area contributed by atoms with Gasteiger partial charge in [-0.3, -0.25) is 9.78 Å². The summed E-state index contributed by atoms with van der Waals surface area (Å²) in [6, 6.07) is 13.2. The third kappa shape index (κ3) is 4.70. The van der Waals surface area contributed by atoms with Gasteiger partial charge in [-0.05, 0) is 29.7 Å². The average molecular weight is 297 g/mol. The van der Waals surface area contributed by atoms with E-state index in [-0.39, 0.29) is 12.5 Å². The van der Waals surface area contributed by atoms with Crippen molar-refractivity contribution in [3.05, 3.63) is 59.9 Å². The summed E-state index contributed by atoms with van der Waals surface area (Å²) >= 11 is 0. The Labute approximate surface area is 130 Å². The Balaban J connectivity index is 1.85. The number of nitrogens with one attached hydrogen (secondary N) is 1. The second kappa shape index (κ2) is 7.93. The van der Waals surface area contributed by atoms with E-state index >= 15 is 0 Å². The van der Waals surface area contributed by atoms with Crippen LogP contribution >= 0.6 is 0 Å². The normalized spacial score (nSPS) is 10.9. The maximum Gasteiger partial charge on any atom is 0.277 e. The summed E-state index contributed by atoms with van der Waals surface area (Å²) in [5.41, 5.74) is 4.17. The van der Waals surface area contributed by atoms with Gasteiger partial charge in [-0.15, -0.1) is 0 Å². The molecule has 1 N–H and O–H groups in total. The Morgan fingerprint density at radius 1 is 1.27 bits per heavy atom. The molecule has 22 heavy (non-hydrogen) atoms. The standard InChI is InChI=1S/C17H19N3O2/c1-13(2)15-8-3-4-9-16(15)22-12-17(21)20-19-11-14-7-5-6-10-18-14/h3-11,13H,12H2,1-2H3,(H,20,21). The molecular weight excluding hydrogens is 278 g/mol. The van der Waals surface area contributed by atoms with Crippen molar-refractivity contribution in [1.29, 1.82) is 0 Å². The molecule has 1 aromatic carbocycles. The Morgan fingerprint density at radius 3 is 2.77 bits per heavy atom. The zero-order valence-electron chi connectivity index (χ0n) is 12.7. The van der Waals surface area contributed by atoms with Crippen LogP contribution in [0.15, 0.2) is 53.8 Å². The van der Waals surface area contributed by atoms with Gasteiger partial charge in [0.1, 0.15) is 5.75 Å². The van der Waals surface area contributed by atoms with E-state index in [2.05, 4.69) is 29.4 Å². The molecule has 2 rings (SSSR count). The van der Waals surface area contributed by atoms with Crippen LogP contribution in [0.2, 0.25) is 0 Å². The number of nitrogens with zero attached hydrogens (tertiary/aromatic N) is 2. The lowest BCUT2D eigenvalue weighted by atomic mass is 10.0. The molecule has 0 fully saturated rings. The molecule has 0 aliphatic heterocycles. The van der Waals surface area contributed by atoms with Crippen molar-refractivity contribution in [3.8, 4) is 5.75 Å². The van der Waals surface area contributed by atoms with E-state index in [1.54, 1.807) is 12.3 Å². The van der Waals surface area contributed by atoms with Crippen LogP contribution in [0.25, 0.3) is 0 Å². The first-order chi connectivity index (χ1) is 10.7. The predicted octanol–water partition coefficient (Wildman–Crippen LogP) is 2.73. The van der Waals surface area contributed by atoms with Gasteiger partial charge in [0.2, 0.25) is 0 Å². The van der Waals surface area contributed by atoms with Crippen molar-refractivity contribution in [2.45, 2.75) is 19.8 Å². The van der Waals surface area contributed by atoms with Crippen LogP contribution in [0.5, 0.6) is 5.75 Å². The first-order valence-corrected chi connectivity index (χ1v) is 7.11. The minimum absolute atomic E-state index is 0.0801. The van der Waals surface area contributed by atoms with Crippen molar-refractivity contribution in [3.63, 3.8) is 0 Å². The molecule has 0 saturated heterocycles. The maximum absolute atomic E-state index is 11.7. The number of carbonyl (C=O) groups is 1. The van der Waals surface area contributed by atoms with Crippen LogP contribution in [0.3, 0.4) is 0 Å². The van der Waals surface area contributed by atoms with Crippen molar-refractivity contribution >= 4 is 12.1 Å². The average Bonchev–Trinajstić information content (AvgIpc) is 2.54. The number of hydrogen-bond donors (Lipinski definition) is 1. The van der Waals surface area contributed by atoms with Crippen molar-refractivity contribution in [2.24, 2.45) is 5.10 Å². The van der Waals surface area contributed by atoms with Crippen LogP contribution in [-0.4, -0.2) is 23.7 Å². The molecule has 0 bridgehead atoms. The summed E-state index contributed by atoms with van der Waals surface area (Å²) in [5, 5.41) is 3.84. The molecule has 5 heteroatoms. The Bertz CT molecular complexity index is 639. The van der Waals surface area contributed by atoms with Crippen LogP contribution in [0, 0.1) is 0 Å². The topological polar surface area (TPSA) is 63.6 Å². The predicted molar refractivity (Wildman–Crippen MR) is 86.0 cm³/mol. The van der Waals surface area contributed by atoms with Crippen molar-refractivity contribution in [2.75, 3.05) is 6.61 Å². The zero-order chi connectivity index (χ0) is 15.8. The quantitative estimate of drug-likeness (QED) is 0.658. The number of carbonyl (C=O) groups excluding carboxylic acids is 1. The van der Waals surface area contributed by atoms with E-state index in [1.165, 1.54) is 6.21 Å². The van der Waals surface area contributed by atoms with Gasteiger partial charge in [0.25, 0.3) is 5.91 Å². The summed E-state index contributed by atoms with van der Waals surface area (Å²) in [6.45, 7) is 4.09. The Morgan fingerprint density at radius 2 is 2.05 bits per heavy atom. The summed E-state index contributed by atoms with van der Waals surface area (Å²) in [7, 11) is 0. The van der Waals surface area contributed by atoms with Crippen molar-refractivity contribution in [1.82, 2.24) is 10.4 Å². The van der Waals surface area contributed by atoms with Gasteiger partial charge in [0, 0.05) is 6.20 Å². The number of amides is 1. The third-order valence-corrected chi connectivity index (χ3v) is 2.97. The second-order valence-corrected chi connectivity index (χ2v) is 5.03. The molecule has 1 aromatic heterocycles. The van der Waals surface area contributed by atoms with Crippen LogP contribution in [-0.2, 0) is 4.79 Å². The summed E-state index contributed by atoms with van der Waals surface area (Å²) in [5.74, 6) is 0.744. The fourth-order valence-electron chi connectivity index (χ4n) is 1.89. The number of pyridine rings is 1. The van der Waals surface area contributed by atoms with E-state index in [4.69, 9.17) is 4.74 Å². The van der Waals surface area contributed by atoms with E-state index in [1.807, 2.05) is 36.4 Å². The molecular formula is C17H19N3O2. The number of aromatic nitrogens is 1. The summed E-state index contributed by atoms with van der Waals surface area (Å²) in [6.07, 6.45) is 3.15. The lowest BCUT2D eigenvalue weighted by Crippen LogP contribution is -2.25. The Hall–Kier alpha value is -2.69. The highest BCUT2D eigenvalue weighted by Crippen LogP contribution is 2.25. The molecule has 114 valence electrons. The first-order valence-electron chi connectivity index (χ1n) is 7.11. The summed E-state index contributed by atoms with van der Waals surface area (Å²) in [4.78, 5) is 15.8. The molecule has 0 atom stereocenters. The zero-order valence-corrected chi connectivity index (χ0v) is 12.7. The number of para-hydroxylation sites is 1. The van der Waals surface area contributed by atoms with Gasteiger partial charge in [0.15, 0.2) is 6.61 Å². The fourth-order valence-corrected chi connectivity index (χ4v) is 1.89. The lowest BCUT2D eigenvalue weighted by molar-refractivity contribution is -0.123. The van der Waals surface area contributed by atoms with Gasteiger partial charge < -0.3 is 4.74 Å². The molecule has 5 nitrogen and oxygen atoms in total. The molecule has 1 amide bonds. The molecule has 0 radical (unpaired) electrons. The Kier molecular flexibility index (Phi) is 5.65. The van der Waals surface area contributed by atoms with E-state index in [0.29, 0.717) is 11.6 Å². The number of hydrogen-bond acceptors (Lipinski definition) is 4. The molecule has 0 spiro atoms. The minimum Gasteiger partial charge on any atom is -0.483 e. The van der Waals surface area contributed by atoms with Gasteiger partial charge in [-0.25, -0.2) is 5.43 Å². The minimum atomic E-state index is -0.314. The van der Waals surface area contributed by atoms with Crippen LogP contribution in [0.1, 0.15) is 31.0 Å². The largest absolute Gasteiger partial charge is 0.483 e. The van der Waals surface area contributed by atoms with Gasteiger partial charge in [-0.2, -0.15) is 5.10 Å². The molecule has 0 saturated carbocycles. The number of ether oxygens (including phenoxy) is 1. The number of benzene rings is 1. The number of hydrazone groups is 1. The number of rotatable bonds is 6. The van der Waals surface area contributed by atoms with Crippen molar-refractivity contribution < 1.29 is 9.53 Å². The fraction of sp³-hybridized carbons (Fsp3) is 0.235. The van der Waals surface area contributed by atoms with E-state index in [9.17, 15) is 4.79 Å². The third-order valence-electron chi connectivity index (χ3n) is 2.97. The molecule has 0 aliphatic rings. The highest BCUT2D eigenvalue weighted by Gasteiger charge is 2.08. The first kappa shape index (κ1) is 15.7. The van der Waals surface area contributed by atoms with Crippen LogP contribution in [0.4, 0.5) is 0 Å². The molecule has 0 aliphatic carbocycles. The van der Waals surface area contributed by atoms with E-state index in [0.717, 1.165) is 11.3 Å². The van der Waals surface area contributed by atoms with Crippen LogP contribution < -0.4 is 10.2 Å². The summed E-state index contributed by atoms with van der Waals surface area (Å²) < 4.78 is 5.56. The highest BCUT2D eigenvalue weighted by molar-refractivity contribution is 5.81. The van der Waals surface area contributed by atoms with Gasteiger partial charge >= 0.3 is 0 Å². The molecule has 2 aromatic rings. The van der Waals surface area contributed by atoms with E-state index < -0.39 is 0 Å². The molecule has 0 unspecified atom stereocenters. The second-order valence-electron chi connectivity index (χ2n) is 5.03. The smallest absolute Gasteiger partial charge is 0.277 e. The monoisotopic (exact) mass is 297 g/mol. The maximum atomic E-state index is 11.7. The van der Waals surface area contributed by atoms with Gasteiger partial charge in [-0.1, -0.05) is 38.1 Å². The van der Waals surface area contributed by atoms with Gasteiger partial charge in [0.05, 0.1) is 11.9 Å².